The molecule has 0 aromatic carbocycles. The van der Waals surface area contributed by atoms with Gasteiger partial charge in [0.1, 0.15) is 0 Å². The number of amides is 1. The number of aliphatic hydroxyl groups is 2. The van der Waals surface area contributed by atoms with Crippen LogP contribution in [-0.4, -0.2) is 47.4 Å². The molecule has 0 spiro atoms. The van der Waals surface area contributed by atoms with Crippen LogP contribution < -0.4 is 5.32 Å². The summed E-state index contributed by atoms with van der Waals surface area (Å²) in [5, 5.41) is 23.3. The molecule has 0 saturated carbocycles. The van der Waals surface area contributed by atoms with E-state index in [0.29, 0.717) is 25.9 Å². The molecule has 1 amide bonds. The Labute approximate surface area is 518 Å². The van der Waals surface area contributed by atoms with E-state index in [9.17, 15) is 19.8 Å². The standard InChI is InChI=1S/C77H145NO5/c1-3-5-7-9-11-13-15-17-47-51-55-59-63-67-71-77(82)83-72-68-64-60-56-52-48-44-42-40-38-36-34-32-30-28-26-24-22-20-18-19-21-23-25-27-29-31-33-35-37-39-41-43-46-50-54-58-62-66-70-76(81)78-74(73-79)75(80)69-65-61-57-53-49-45-16-14-12-10-8-6-4-2/h9,11,15,17-19,22,24,74-75,79-80H,3-8,10,12-14,16,20-21,23,25-73H2,1-2H3,(H,78,81)/b11-9-,17-15-,19-18-,24-22-. The first kappa shape index (κ1) is 80.8. The van der Waals surface area contributed by atoms with Crippen LogP contribution in [0.15, 0.2) is 48.6 Å². The van der Waals surface area contributed by atoms with Crippen LogP contribution in [0.2, 0.25) is 0 Å². The Kier molecular flexibility index (Phi) is 70.4. The summed E-state index contributed by atoms with van der Waals surface area (Å²) in [5.41, 5.74) is 0. The minimum Gasteiger partial charge on any atom is -0.466 e. The summed E-state index contributed by atoms with van der Waals surface area (Å²) in [6, 6.07) is -0.539. The lowest BCUT2D eigenvalue weighted by Gasteiger charge is -2.22. The zero-order valence-electron chi connectivity index (χ0n) is 55.9. The van der Waals surface area contributed by atoms with E-state index in [-0.39, 0.29) is 18.5 Å². The highest BCUT2D eigenvalue weighted by Gasteiger charge is 2.20. The Bertz CT molecular complexity index is 1390. The number of hydrogen-bond acceptors (Lipinski definition) is 5. The molecule has 0 radical (unpaired) electrons. The van der Waals surface area contributed by atoms with Crippen molar-refractivity contribution >= 4 is 11.9 Å². The van der Waals surface area contributed by atoms with Crippen LogP contribution in [0.5, 0.6) is 0 Å². The maximum absolute atomic E-state index is 12.5. The average molecular weight is 1170 g/mol. The second kappa shape index (κ2) is 72.3. The van der Waals surface area contributed by atoms with E-state index in [2.05, 4.69) is 67.8 Å². The highest BCUT2D eigenvalue weighted by molar-refractivity contribution is 5.76. The zero-order valence-corrected chi connectivity index (χ0v) is 55.9. The molecule has 2 atom stereocenters. The van der Waals surface area contributed by atoms with E-state index in [4.69, 9.17) is 4.74 Å². The molecule has 6 nitrogen and oxygen atoms in total. The molecular formula is C77H145NO5. The molecule has 0 aromatic heterocycles. The summed E-state index contributed by atoms with van der Waals surface area (Å²) < 4.78 is 5.48. The predicted octanol–water partition coefficient (Wildman–Crippen LogP) is 24.4. The average Bonchev–Trinajstić information content (AvgIpc) is 3.49. The smallest absolute Gasteiger partial charge is 0.305 e. The summed E-state index contributed by atoms with van der Waals surface area (Å²) in [6.45, 7) is 4.93. The summed E-state index contributed by atoms with van der Waals surface area (Å²) in [6.07, 6.45) is 94.8. The topological polar surface area (TPSA) is 95.9 Å². The SMILES string of the molecule is CCCC/C=C\C/C=C\CCCCCCCC(=O)OCCCCCCCCCCCCCCCCC/C=C\C/C=C\CCCCCCCCCCCCCCCCCCCC(=O)NC(CO)C(O)CCCCCCCCCCCCCCC. The largest absolute Gasteiger partial charge is 0.466 e. The number of allylic oxidation sites excluding steroid dienone is 8. The summed E-state index contributed by atoms with van der Waals surface area (Å²) >= 11 is 0. The Hall–Kier alpha value is -2.18. The number of unbranched alkanes of at least 4 members (excludes halogenated alkanes) is 51. The fourth-order valence-electron chi connectivity index (χ4n) is 11.6. The van der Waals surface area contributed by atoms with E-state index >= 15 is 0 Å². The van der Waals surface area contributed by atoms with E-state index in [1.807, 2.05) is 0 Å². The number of aliphatic hydroxyl groups excluding tert-OH is 2. The number of rotatable bonds is 70. The summed E-state index contributed by atoms with van der Waals surface area (Å²) in [7, 11) is 0. The van der Waals surface area contributed by atoms with Crippen molar-refractivity contribution in [1.29, 1.82) is 0 Å². The molecule has 0 aliphatic carbocycles. The minimum atomic E-state index is -0.661. The van der Waals surface area contributed by atoms with Gasteiger partial charge in [0.25, 0.3) is 0 Å². The zero-order chi connectivity index (χ0) is 59.9. The lowest BCUT2D eigenvalue weighted by Crippen LogP contribution is -2.45. The van der Waals surface area contributed by atoms with Gasteiger partial charge in [-0.25, -0.2) is 0 Å². The maximum Gasteiger partial charge on any atom is 0.305 e. The fourth-order valence-corrected chi connectivity index (χ4v) is 11.6. The number of esters is 1. The van der Waals surface area contributed by atoms with E-state index in [1.54, 1.807) is 0 Å². The highest BCUT2D eigenvalue weighted by Crippen LogP contribution is 2.19. The summed E-state index contributed by atoms with van der Waals surface area (Å²) in [5.74, 6) is -0.0244. The number of carbonyl (C=O) groups excluding carboxylic acids is 2. The molecule has 0 saturated heterocycles. The van der Waals surface area contributed by atoms with Crippen molar-refractivity contribution in [3.05, 3.63) is 48.6 Å². The molecular weight excluding hydrogens is 1020 g/mol. The number of carbonyl (C=O) groups is 2. The van der Waals surface area contributed by atoms with Crippen LogP contribution in [0.3, 0.4) is 0 Å². The number of nitrogens with one attached hydrogen (secondary N) is 1. The third kappa shape index (κ3) is 68.8. The molecule has 0 heterocycles. The quantitative estimate of drug-likeness (QED) is 0.0320. The number of ether oxygens (including phenoxy) is 1. The van der Waals surface area contributed by atoms with Crippen LogP contribution in [-0.2, 0) is 14.3 Å². The molecule has 0 aliphatic rings. The molecule has 3 N–H and O–H groups in total. The van der Waals surface area contributed by atoms with Gasteiger partial charge in [-0.05, 0) is 83.5 Å². The third-order valence-electron chi connectivity index (χ3n) is 17.4. The van der Waals surface area contributed by atoms with Gasteiger partial charge in [-0.2, -0.15) is 0 Å². The molecule has 0 aromatic rings. The van der Waals surface area contributed by atoms with Gasteiger partial charge in [0.15, 0.2) is 0 Å². The second-order valence-electron chi connectivity index (χ2n) is 25.6. The van der Waals surface area contributed by atoms with Gasteiger partial charge in [0.05, 0.1) is 25.4 Å². The molecule has 6 heteroatoms. The van der Waals surface area contributed by atoms with Gasteiger partial charge in [-0.3, -0.25) is 9.59 Å². The van der Waals surface area contributed by atoms with Crippen LogP contribution in [0.1, 0.15) is 406 Å². The van der Waals surface area contributed by atoms with Crippen molar-refractivity contribution in [3.63, 3.8) is 0 Å². The van der Waals surface area contributed by atoms with Gasteiger partial charge in [-0.1, -0.05) is 358 Å². The number of hydrogen-bond donors (Lipinski definition) is 3. The molecule has 0 fully saturated rings. The Morgan fingerprint density at radius 1 is 0.337 bits per heavy atom. The van der Waals surface area contributed by atoms with Crippen LogP contribution >= 0.6 is 0 Å². The van der Waals surface area contributed by atoms with Crippen LogP contribution in [0.4, 0.5) is 0 Å². The lowest BCUT2D eigenvalue weighted by atomic mass is 10.0. The van der Waals surface area contributed by atoms with Crippen molar-refractivity contribution < 1.29 is 24.5 Å². The second-order valence-corrected chi connectivity index (χ2v) is 25.6. The van der Waals surface area contributed by atoms with Crippen molar-refractivity contribution in [3.8, 4) is 0 Å². The van der Waals surface area contributed by atoms with Crippen molar-refractivity contribution in [1.82, 2.24) is 5.32 Å². The predicted molar refractivity (Wildman–Crippen MR) is 366 cm³/mol. The first-order chi connectivity index (χ1) is 41.0. The highest BCUT2D eigenvalue weighted by atomic mass is 16.5. The lowest BCUT2D eigenvalue weighted by molar-refractivity contribution is -0.143. The van der Waals surface area contributed by atoms with Crippen molar-refractivity contribution in [2.75, 3.05) is 13.2 Å². The molecule has 0 rings (SSSR count). The third-order valence-corrected chi connectivity index (χ3v) is 17.4. The van der Waals surface area contributed by atoms with Gasteiger partial charge in [0, 0.05) is 12.8 Å². The molecule has 0 bridgehead atoms. The fraction of sp³-hybridized carbons (Fsp3) is 0.870. The Morgan fingerprint density at radius 3 is 0.952 bits per heavy atom. The molecule has 488 valence electrons. The van der Waals surface area contributed by atoms with Crippen molar-refractivity contribution in [2.45, 2.75) is 418 Å². The molecule has 83 heavy (non-hydrogen) atoms. The van der Waals surface area contributed by atoms with Crippen LogP contribution in [0, 0.1) is 0 Å². The Morgan fingerprint density at radius 2 is 0.614 bits per heavy atom. The summed E-state index contributed by atoms with van der Waals surface area (Å²) in [4.78, 5) is 24.5. The van der Waals surface area contributed by atoms with Gasteiger partial charge in [-0.15, -0.1) is 0 Å². The van der Waals surface area contributed by atoms with Crippen LogP contribution in [0.25, 0.3) is 0 Å². The monoisotopic (exact) mass is 1160 g/mol. The molecule has 0 aliphatic heterocycles. The van der Waals surface area contributed by atoms with Gasteiger partial charge < -0.3 is 20.3 Å². The normalized spacial score (nSPS) is 12.8. The van der Waals surface area contributed by atoms with E-state index in [1.165, 1.54) is 315 Å². The maximum atomic E-state index is 12.5. The first-order valence-electron chi connectivity index (χ1n) is 37.4. The Balaban J connectivity index is 3.34. The van der Waals surface area contributed by atoms with E-state index < -0.39 is 12.1 Å². The molecule has 2 unspecified atom stereocenters. The van der Waals surface area contributed by atoms with Gasteiger partial charge >= 0.3 is 5.97 Å². The minimum absolute atomic E-state index is 0.00572. The van der Waals surface area contributed by atoms with Gasteiger partial charge in [0.2, 0.25) is 5.91 Å². The van der Waals surface area contributed by atoms with E-state index in [0.717, 1.165) is 57.8 Å². The first-order valence-corrected chi connectivity index (χ1v) is 37.4. The van der Waals surface area contributed by atoms with Crippen molar-refractivity contribution in [2.24, 2.45) is 0 Å².